The molecular weight excluding hydrogens is 324 g/mol. The van der Waals surface area contributed by atoms with Crippen LogP contribution in [0.3, 0.4) is 0 Å². The highest BCUT2D eigenvalue weighted by atomic mass is 16.5. The van der Waals surface area contributed by atoms with E-state index in [0.717, 1.165) is 65.7 Å². The van der Waals surface area contributed by atoms with Crippen LogP contribution in [0.1, 0.15) is 12.8 Å². The van der Waals surface area contributed by atoms with Crippen molar-refractivity contribution in [1.82, 2.24) is 20.4 Å². The zero-order valence-corrected chi connectivity index (χ0v) is 14.9. The van der Waals surface area contributed by atoms with Crippen LogP contribution in [-0.4, -0.2) is 100 Å². The van der Waals surface area contributed by atoms with E-state index in [9.17, 15) is 9.59 Å². The Morgan fingerprint density at radius 3 is 1.52 bits per heavy atom. The van der Waals surface area contributed by atoms with Gasteiger partial charge in [-0.1, -0.05) is 0 Å². The smallest absolute Gasteiger partial charge is 0.235 e. The normalized spacial score (nSPS) is 23.8. The average molecular weight is 354 g/mol. The van der Waals surface area contributed by atoms with E-state index in [-0.39, 0.29) is 11.8 Å². The lowest BCUT2D eigenvalue weighted by molar-refractivity contribution is -0.137. The van der Waals surface area contributed by atoms with Crippen molar-refractivity contribution in [2.24, 2.45) is 5.41 Å². The molecule has 2 heterocycles. The van der Waals surface area contributed by atoms with Gasteiger partial charge in [0.2, 0.25) is 11.8 Å². The Hall–Kier alpha value is -1.22. The number of morpholine rings is 2. The van der Waals surface area contributed by atoms with Crippen LogP contribution in [0.25, 0.3) is 0 Å². The van der Waals surface area contributed by atoms with Crippen LogP contribution in [0.15, 0.2) is 0 Å². The van der Waals surface area contributed by atoms with Gasteiger partial charge >= 0.3 is 0 Å². The lowest BCUT2D eigenvalue weighted by Crippen LogP contribution is -2.48. The van der Waals surface area contributed by atoms with Crippen molar-refractivity contribution in [2.45, 2.75) is 12.8 Å². The molecule has 25 heavy (non-hydrogen) atoms. The first-order valence-corrected chi connectivity index (χ1v) is 9.37. The highest BCUT2D eigenvalue weighted by Crippen LogP contribution is 2.46. The van der Waals surface area contributed by atoms with Crippen molar-refractivity contribution >= 4 is 11.8 Å². The number of hydrogen-bond acceptors (Lipinski definition) is 6. The minimum absolute atomic E-state index is 0.121. The first-order chi connectivity index (χ1) is 12.2. The summed E-state index contributed by atoms with van der Waals surface area (Å²) in [7, 11) is 0. The number of amides is 2. The summed E-state index contributed by atoms with van der Waals surface area (Å²) in [6, 6.07) is 0. The molecule has 8 heteroatoms. The fourth-order valence-corrected chi connectivity index (χ4v) is 3.33. The fourth-order valence-electron chi connectivity index (χ4n) is 3.33. The summed E-state index contributed by atoms with van der Waals surface area (Å²) in [4.78, 5) is 29.4. The summed E-state index contributed by atoms with van der Waals surface area (Å²) in [6.45, 7) is 9.43. The second kappa shape index (κ2) is 8.93. The van der Waals surface area contributed by atoms with Crippen molar-refractivity contribution in [2.75, 3.05) is 78.8 Å². The third kappa shape index (κ3) is 5.13. The van der Waals surface area contributed by atoms with E-state index in [1.807, 2.05) is 0 Å². The minimum Gasteiger partial charge on any atom is -0.379 e. The first-order valence-electron chi connectivity index (χ1n) is 9.37. The Balaban J connectivity index is 1.33. The summed E-state index contributed by atoms with van der Waals surface area (Å²) >= 11 is 0. The van der Waals surface area contributed by atoms with Crippen LogP contribution in [0, 0.1) is 5.41 Å². The molecule has 2 aliphatic heterocycles. The maximum atomic E-state index is 12.4. The molecule has 0 aromatic rings. The molecule has 2 saturated heterocycles. The largest absolute Gasteiger partial charge is 0.379 e. The van der Waals surface area contributed by atoms with Crippen LogP contribution in [-0.2, 0) is 19.1 Å². The predicted octanol–water partition coefficient (Wildman–Crippen LogP) is -1.34. The van der Waals surface area contributed by atoms with Gasteiger partial charge in [-0.2, -0.15) is 0 Å². The SMILES string of the molecule is O=C(NCCN1CCOCC1)C1(C(=O)NCCN2CCOCC2)CC1. The number of carbonyl (C=O) groups is 2. The third-order valence-corrected chi connectivity index (χ3v) is 5.25. The molecule has 3 fully saturated rings. The van der Waals surface area contributed by atoms with Gasteiger partial charge in [-0.15, -0.1) is 0 Å². The second-order valence-corrected chi connectivity index (χ2v) is 7.00. The van der Waals surface area contributed by atoms with Crippen molar-refractivity contribution in [3.63, 3.8) is 0 Å². The Morgan fingerprint density at radius 2 is 1.16 bits per heavy atom. The Morgan fingerprint density at radius 1 is 0.760 bits per heavy atom. The summed E-state index contributed by atoms with van der Waals surface area (Å²) in [5.41, 5.74) is -0.823. The standard InChI is InChI=1S/C17H30N4O4/c22-15(18-3-5-20-7-11-24-12-8-20)17(1-2-17)16(23)19-4-6-21-9-13-25-14-10-21/h1-14H2,(H,18,22)(H,19,23). The van der Waals surface area contributed by atoms with Gasteiger partial charge in [0.25, 0.3) is 0 Å². The van der Waals surface area contributed by atoms with Gasteiger partial charge in [0.15, 0.2) is 0 Å². The molecule has 142 valence electrons. The fraction of sp³-hybridized carbons (Fsp3) is 0.882. The number of rotatable bonds is 8. The van der Waals surface area contributed by atoms with Gasteiger partial charge in [0.05, 0.1) is 26.4 Å². The molecule has 1 aliphatic carbocycles. The Labute approximate surface area is 149 Å². The summed E-state index contributed by atoms with van der Waals surface area (Å²) in [6.07, 6.45) is 1.31. The van der Waals surface area contributed by atoms with E-state index in [1.165, 1.54) is 0 Å². The number of nitrogens with one attached hydrogen (secondary N) is 2. The first kappa shape index (κ1) is 18.6. The Bertz CT molecular complexity index is 420. The zero-order chi connectivity index (χ0) is 17.5. The van der Waals surface area contributed by atoms with E-state index >= 15 is 0 Å². The molecule has 3 rings (SSSR count). The van der Waals surface area contributed by atoms with Gasteiger partial charge in [-0.05, 0) is 12.8 Å². The van der Waals surface area contributed by atoms with Crippen molar-refractivity contribution in [3.05, 3.63) is 0 Å². The predicted molar refractivity (Wildman–Crippen MR) is 92.2 cm³/mol. The molecule has 0 aromatic carbocycles. The molecule has 0 spiro atoms. The monoisotopic (exact) mass is 354 g/mol. The molecule has 0 unspecified atom stereocenters. The van der Waals surface area contributed by atoms with E-state index in [1.54, 1.807) is 0 Å². The van der Waals surface area contributed by atoms with Crippen molar-refractivity contribution in [3.8, 4) is 0 Å². The van der Waals surface area contributed by atoms with Gasteiger partial charge in [0, 0.05) is 52.4 Å². The molecule has 2 amide bonds. The van der Waals surface area contributed by atoms with Crippen LogP contribution >= 0.6 is 0 Å². The lowest BCUT2D eigenvalue weighted by atomic mass is 10.1. The molecule has 0 bridgehead atoms. The zero-order valence-electron chi connectivity index (χ0n) is 14.9. The molecule has 0 atom stereocenters. The third-order valence-electron chi connectivity index (χ3n) is 5.25. The Kier molecular flexibility index (Phi) is 6.63. The molecular formula is C17H30N4O4. The molecule has 3 aliphatic rings. The molecule has 8 nitrogen and oxygen atoms in total. The van der Waals surface area contributed by atoms with Gasteiger partial charge < -0.3 is 20.1 Å². The van der Waals surface area contributed by atoms with E-state index in [2.05, 4.69) is 20.4 Å². The highest BCUT2D eigenvalue weighted by molar-refractivity contribution is 6.07. The lowest BCUT2D eigenvalue weighted by Gasteiger charge is -2.27. The van der Waals surface area contributed by atoms with Gasteiger partial charge in [0.1, 0.15) is 5.41 Å². The summed E-state index contributed by atoms with van der Waals surface area (Å²) in [5, 5.41) is 5.89. The topological polar surface area (TPSA) is 83.1 Å². The second-order valence-electron chi connectivity index (χ2n) is 7.00. The van der Waals surface area contributed by atoms with Crippen molar-refractivity contribution < 1.29 is 19.1 Å². The molecule has 2 N–H and O–H groups in total. The summed E-state index contributed by atoms with van der Waals surface area (Å²) < 4.78 is 10.6. The summed E-state index contributed by atoms with van der Waals surface area (Å²) in [5.74, 6) is -0.241. The average Bonchev–Trinajstić information content (AvgIpc) is 3.45. The number of carbonyl (C=O) groups excluding carboxylic acids is 2. The van der Waals surface area contributed by atoms with Crippen LogP contribution < -0.4 is 10.6 Å². The van der Waals surface area contributed by atoms with E-state index in [0.29, 0.717) is 25.9 Å². The van der Waals surface area contributed by atoms with Gasteiger partial charge in [-0.3, -0.25) is 19.4 Å². The number of nitrogens with zero attached hydrogens (tertiary/aromatic N) is 2. The van der Waals surface area contributed by atoms with Crippen LogP contribution in [0.2, 0.25) is 0 Å². The maximum Gasteiger partial charge on any atom is 0.235 e. The molecule has 1 saturated carbocycles. The number of ether oxygens (including phenoxy) is 2. The quantitative estimate of drug-likeness (QED) is 0.525. The van der Waals surface area contributed by atoms with Crippen LogP contribution in [0.4, 0.5) is 0 Å². The number of hydrogen-bond donors (Lipinski definition) is 2. The van der Waals surface area contributed by atoms with E-state index < -0.39 is 5.41 Å². The minimum atomic E-state index is -0.823. The van der Waals surface area contributed by atoms with Crippen molar-refractivity contribution in [1.29, 1.82) is 0 Å². The molecule has 0 radical (unpaired) electrons. The van der Waals surface area contributed by atoms with Crippen LogP contribution in [0.5, 0.6) is 0 Å². The molecule has 0 aromatic heterocycles. The maximum absolute atomic E-state index is 12.4. The highest BCUT2D eigenvalue weighted by Gasteiger charge is 2.56. The van der Waals surface area contributed by atoms with Gasteiger partial charge in [-0.25, -0.2) is 0 Å². The van der Waals surface area contributed by atoms with E-state index in [4.69, 9.17) is 9.47 Å².